The Kier molecular flexibility index (Phi) is 5.97. The van der Waals surface area contributed by atoms with Gasteiger partial charge in [0.15, 0.2) is 0 Å². The maximum Gasteiger partial charge on any atom is 0.323 e. The largest absolute Gasteiger partial charge is 0.462 e. The zero-order chi connectivity index (χ0) is 13.5. The SMILES string of the molecule is C#CC(C)(C)C(=O)OCCOC(=O)CC(C)=O. The van der Waals surface area contributed by atoms with E-state index in [4.69, 9.17) is 11.2 Å². The van der Waals surface area contributed by atoms with Crippen molar-refractivity contribution in [2.45, 2.75) is 27.2 Å². The lowest BCUT2D eigenvalue weighted by atomic mass is 9.95. The Morgan fingerprint density at radius 1 is 1.18 bits per heavy atom. The number of ether oxygens (including phenoxy) is 2. The van der Waals surface area contributed by atoms with Crippen molar-refractivity contribution in [2.24, 2.45) is 5.41 Å². The van der Waals surface area contributed by atoms with Crippen LogP contribution in [0, 0.1) is 17.8 Å². The van der Waals surface area contributed by atoms with Crippen molar-refractivity contribution in [3.8, 4) is 12.3 Å². The fraction of sp³-hybridized carbons (Fsp3) is 0.583. The molecule has 5 nitrogen and oxygen atoms in total. The number of hydrogen-bond donors (Lipinski definition) is 0. The summed E-state index contributed by atoms with van der Waals surface area (Å²) >= 11 is 0. The number of ketones is 1. The average molecular weight is 240 g/mol. The van der Waals surface area contributed by atoms with E-state index in [1.165, 1.54) is 6.92 Å². The Hall–Kier alpha value is -1.83. The second-order valence-corrected chi connectivity index (χ2v) is 4.00. The van der Waals surface area contributed by atoms with Crippen LogP contribution in [0.5, 0.6) is 0 Å². The Balaban J connectivity index is 3.80. The van der Waals surface area contributed by atoms with Crippen LogP contribution in [0.4, 0.5) is 0 Å². The van der Waals surface area contributed by atoms with Gasteiger partial charge >= 0.3 is 11.9 Å². The van der Waals surface area contributed by atoms with Crippen LogP contribution in [-0.2, 0) is 23.9 Å². The van der Waals surface area contributed by atoms with Crippen LogP contribution in [0.3, 0.4) is 0 Å². The first-order valence-corrected chi connectivity index (χ1v) is 5.09. The third-order valence-corrected chi connectivity index (χ3v) is 1.84. The summed E-state index contributed by atoms with van der Waals surface area (Å²) in [5.74, 6) is 0.825. The van der Waals surface area contributed by atoms with Crippen molar-refractivity contribution < 1.29 is 23.9 Å². The molecule has 17 heavy (non-hydrogen) atoms. The molecule has 94 valence electrons. The second kappa shape index (κ2) is 6.69. The Morgan fingerprint density at radius 2 is 1.71 bits per heavy atom. The maximum absolute atomic E-state index is 11.4. The molecule has 0 radical (unpaired) electrons. The lowest BCUT2D eigenvalue weighted by Crippen LogP contribution is -2.26. The summed E-state index contributed by atoms with van der Waals surface area (Å²) in [6.45, 7) is 4.23. The molecule has 0 aromatic heterocycles. The van der Waals surface area contributed by atoms with Crippen molar-refractivity contribution in [1.29, 1.82) is 0 Å². The first kappa shape index (κ1) is 15.2. The summed E-state index contributed by atoms with van der Waals surface area (Å²) in [5.41, 5.74) is -0.997. The normalized spacial score (nSPS) is 10.2. The number of carbonyl (C=O) groups excluding carboxylic acids is 3. The molecule has 0 rings (SSSR count). The van der Waals surface area contributed by atoms with Crippen molar-refractivity contribution in [3.05, 3.63) is 0 Å². The molecule has 0 saturated carbocycles. The summed E-state index contributed by atoms with van der Waals surface area (Å²) in [4.78, 5) is 32.9. The number of Topliss-reactive ketones (excluding diaryl/α,β-unsaturated/α-hetero) is 1. The number of rotatable bonds is 6. The van der Waals surface area contributed by atoms with Crippen molar-refractivity contribution in [1.82, 2.24) is 0 Å². The summed E-state index contributed by atoms with van der Waals surface area (Å²) in [5, 5.41) is 0. The van der Waals surface area contributed by atoms with E-state index in [1.54, 1.807) is 13.8 Å². The van der Waals surface area contributed by atoms with Gasteiger partial charge < -0.3 is 9.47 Å². The van der Waals surface area contributed by atoms with Gasteiger partial charge in [-0.15, -0.1) is 6.42 Å². The Labute approximate surface area is 100 Å². The molecule has 0 bridgehead atoms. The second-order valence-electron chi connectivity index (χ2n) is 4.00. The van der Waals surface area contributed by atoms with Gasteiger partial charge in [-0.25, -0.2) is 0 Å². The predicted molar refractivity (Wildman–Crippen MR) is 59.8 cm³/mol. The lowest BCUT2D eigenvalue weighted by Gasteiger charge is -2.15. The lowest BCUT2D eigenvalue weighted by molar-refractivity contribution is -0.157. The van der Waals surface area contributed by atoms with E-state index in [0.29, 0.717) is 0 Å². The molecule has 0 aliphatic heterocycles. The minimum absolute atomic E-state index is 0.0758. The molecule has 0 amide bonds. The predicted octanol–water partition coefficient (Wildman–Crippen LogP) is 0.711. The third-order valence-electron chi connectivity index (χ3n) is 1.84. The molecule has 0 aromatic rings. The third kappa shape index (κ3) is 6.36. The van der Waals surface area contributed by atoms with Gasteiger partial charge in [-0.05, 0) is 20.8 Å². The van der Waals surface area contributed by atoms with Crippen LogP contribution < -0.4 is 0 Å². The van der Waals surface area contributed by atoms with E-state index >= 15 is 0 Å². The van der Waals surface area contributed by atoms with Crippen LogP contribution in [0.1, 0.15) is 27.2 Å². The molecular formula is C12H16O5. The minimum atomic E-state index is -0.997. The highest BCUT2D eigenvalue weighted by Crippen LogP contribution is 2.14. The molecule has 0 spiro atoms. The smallest absolute Gasteiger partial charge is 0.323 e. The van der Waals surface area contributed by atoms with E-state index in [0.717, 1.165) is 0 Å². The van der Waals surface area contributed by atoms with Gasteiger partial charge in [-0.2, -0.15) is 0 Å². The molecule has 0 aromatic carbocycles. The van der Waals surface area contributed by atoms with Crippen LogP contribution in [0.25, 0.3) is 0 Å². The van der Waals surface area contributed by atoms with E-state index in [2.05, 4.69) is 10.7 Å². The standard InChI is InChI=1S/C12H16O5/c1-5-12(3,4)11(15)17-7-6-16-10(14)8-9(2)13/h1H,6-8H2,2-4H3. The fourth-order valence-corrected chi connectivity index (χ4v) is 0.784. The fourth-order valence-electron chi connectivity index (χ4n) is 0.784. The number of terminal acetylenes is 1. The van der Waals surface area contributed by atoms with Crippen LogP contribution in [0.15, 0.2) is 0 Å². The molecule has 0 fully saturated rings. The molecule has 5 heteroatoms. The first-order valence-electron chi connectivity index (χ1n) is 5.09. The van der Waals surface area contributed by atoms with Crippen LogP contribution in [-0.4, -0.2) is 30.9 Å². The van der Waals surface area contributed by atoms with Gasteiger partial charge in [0, 0.05) is 0 Å². The minimum Gasteiger partial charge on any atom is -0.462 e. The number of carbonyl (C=O) groups is 3. The van der Waals surface area contributed by atoms with E-state index in [-0.39, 0.29) is 25.4 Å². The molecule has 0 N–H and O–H groups in total. The average Bonchev–Trinajstić information content (AvgIpc) is 2.23. The van der Waals surface area contributed by atoms with Gasteiger partial charge in [0.25, 0.3) is 0 Å². The summed E-state index contributed by atoms with van der Waals surface area (Å²) in [6, 6.07) is 0. The van der Waals surface area contributed by atoms with Gasteiger partial charge in [-0.1, -0.05) is 5.92 Å². The van der Waals surface area contributed by atoms with Crippen molar-refractivity contribution >= 4 is 17.7 Å². The summed E-state index contributed by atoms with van der Waals surface area (Å²) in [7, 11) is 0. The Morgan fingerprint density at radius 3 is 2.18 bits per heavy atom. The van der Waals surface area contributed by atoms with E-state index < -0.39 is 17.4 Å². The van der Waals surface area contributed by atoms with Gasteiger partial charge in [0.05, 0.1) is 0 Å². The monoisotopic (exact) mass is 240 g/mol. The highest BCUT2D eigenvalue weighted by atomic mass is 16.6. The summed E-state index contributed by atoms with van der Waals surface area (Å²) < 4.78 is 9.47. The van der Waals surface area contributed by atoms with Crippen LogP contribution in [0.2, 0.25) is 0 Å². The molecule has 0 aliphatic carbocycles. The highest BCUT2D eigenvalue weighted by Gasteiger charge is 2.26. The van der Waals surface area contributed by atoms with E-state index in [9.17, 15) is 14.4 Å². The van der Waals surface area contributed by atoms with Crippen molar-refractivity contribution in [2.75, 3.05) is 13.2 Å². The Bertz CT molecular complexity index is 348. The number of esters is 2. The van der Waals surface area contributed by atoms with Gasteiger partial charge in [-0.3, -0.25) is 14.4 Å². The zero-order valence-electron chi connectivity index (χ0n) is 10.2. The quantitative estimate of drug-likeness (QED) is 0.296. The molecule has 0 saturated heterocycles. The van der Waals surface area contributed by atoms with Gasteiger partial charge in [0.1, 0.15) is 30.8 Å². The van der Waals surface area contributed by atoms with Gasteiger partial charge in [0.2, 0.25) is 0 Å². The maximum atomic E-state index is 11.4. The topological polar surface area (TPSA) is 69.7 Å². The van der Waals surface area contributed by atoms with Crippen molar-refractivity contribution in [3.63, 3.8) is 0 Å². The molecule has 0 heterocycles. The number of hydrogen-bond acceptors (Lipinski definition) is 5. The highest BCUT2D eigenvalue weighted by molar-refractivity contribution is 5.94. The van der Waals surface area contributed by atoms with E-state index in [1.807, 2.05) is 0 Å². The summed E-state index contributed by atoms with van der Waals surface area (Å²) in [6.07, 6.45) is 4.87. The van der Waals surface area contributed by atoms with Crippen LogP contribution >= 0.6 is 0 Å². The molecule has 0 aliphatic rings. The zero-order valence-corrected chi connectivity index (χ0v) is 10.2. The molecule has 0 unspecified atom stereocenters. The molecular weight excluding hydrogens is 224 g/mol. The first-order chi connectivity index (χ1) is 7.79. The molecule has 0 atom stereocenters.